The summed E-state index contributed by atoms with van der Waals surface area (Å²) in [6, 6.07) is 0. The van der Waals surface area contributed by atoms with Crippen molar-refractivity contribution in [3.05, 3.63) is 24.0 Å². The SMILES string of the molecule is CC1CCCN(c2nc(Cl)nc(-n3ccnc3)n2)CC1. The van der Waals surface area contributed by atoms with Gasteiger partial charge in [-0.25, -0.2) is 4.98 Å². The lowest BCUT2D eigenvalue weighted by atomic mass is 10.0. The maximum Gasteiger partial charge on any atom is 0.241 e. The number of imidazole rings is 1. The highest BCUT2D eigenvalue weighted by Gasteiger charge is 2.18. The van der Waals surface area contributed by atoms with E-state index in [0.29, 0.717) is 11.9 Å². The maximum atomic E-state index is 6.03. The van der Waals surface area contributed by atoms with Crippen LogP contribution in [0.15, 0.2) is 18.7 Å². The molecule has 0 aliphatic carbocycles. The first-order valence-electron chi connectivity index (χ1n) is 6.87. The van der Waals surface area contributed by atoms with Crippen molar-refractivity contribution in [2.75, 3.05) is 18.0 Å². The molecular weight excluding hydrogens is 276 g/mol. The van der Waals surface area contributed by atoms with E-state index >= 15 is 0 Å². The highest BCUT2D eigenvalue weighted by molar-refractivity contribution is 6.28. The fraction of sp³-hybridized carbons (Fsp3) is 0.538. The van der Waals surface area contributed by atoms with Crippen LogP contribution in [0.25, 0.3) is 5.95 Å². The van der Waals surface area contributed by atoms with Gasteiger partial charge in [0.1, 0.15) is 6.33 Å². The van der Waals surface area contributed by atoms with Crippen molar-refractivity contribution in [3.8, 4) is 5.95 Å². The number of hydrogen-bond acceptors (Lipinski definition) is 5. The average Bonchev–Trinajstić information content (AvgIpc) is 2.88. The second-order valence-corrected chi connectivity index (χ2v) is 5.54. The molecule has 7 heteroatoms. The quantitative estimate of drug-likeness (QED) is 0.850. The minimum absolute atomic E-state index is 0.219. The third kappa shape index (κ3) is 2.90. The van der Waals surface area contributed by atoms with Gasteiger partial charge < -0.3 is 4.90 Å². The predicted octanol–water partition coefficient (Wildman–Crippen LogP) is 2.34. The molecule has 0 amide bonds. The number of aromatic nitrogens is 5. The van der Waals surface area contributed by atoms with Crippen LogP contribution in [0.1, 0.15) is 26.2 Å². The molecule has 106 valence electrons. The van der Waals surface area contributed by atoms with Crippen LogP contribution in [-0.2, 0) is 0 Å². The van der Waals surface area contributed by atoms with Gasteiger partial charge in [-0.2, -0.15) is 15.0 Å². The molecule has 0 spiro atoms. The number of anilines is 1. The molecule has 20 heavy (non-hydrogen) atoms. The van der Waals surface area contributed by atoms with E-state index in [0.717, 1.165) is 31.8 Å². The lowest BCUT2D eigenvalue weighted by Gasteiger charge is -2.20. The predicted molar refractivity (Wildman–Crippen MR) is 77.2 cm³/mol. The second kappa shape index (κ2) is 5.75. The highest BCUT2D eigenvalue weighted by Crippen LogP contribution is 2.21. The second-order valence-electron chi connectivity index (χ2n) is 5.20. The van der Waals surface area contributed by atoms with E-state index in [2.05, 4.69) is 31.8 Å². The Balaban J connectivity index is 1.89. The van der Waals surface area contributed by atoms with Gasteiger partial charge in [0.2, 0.25) is 17.2 Å². The van der Waals surface area contributed by atoms with Gasteiger partial charge in [0.05, 0.1) is 0 Å². The number of nitrogens with zero attached hydrogens (tertiary/aromatic N) is 6. The zero-order valence-electron chi connectivity index (χ0n) is 11.4. The van der Waals surface area contributed by atoms with Crippen LogP contribution >= 0.6 is 11.6 Å². The van der Waals surface area contributed by atoms with Crippen LogP contribution in [0.5, 0.6) is 0 Å². The summed E-state index contributed by atoms with van der Waals surface area (Å²) >= 11 is 6.03. The van der Waals surface area contributed by atoms with Gasteiger partial charge in [0.15, 0.2) is 0 Å². The summed E-state index contributed by atoms with van der Waals surface area (Å²) in [6.07, 6.45) is 8.70. The van der Waals surface area contributed by atoms with E-state index in [1.807, 2.05) is 0 Å². The molecule has 1 aliphatic rings. The fourth-order valence-corrected chi connectivity index (χ4v) is 2.58. The largest absolute Gasteiger partial charge is 0.341 e. The van der Waals surface area contributed by atoms with Crippen LogP contribution in [0.4, 0.5) is 5.95 Å². The first kappa shape index (κ1) is 13.3. The van der Waals surface area contributed by atoms with Gasteiger partial charge in [-0.1, -0.05) is 6.92 Å². The van der Waals surface area contributed by atoms with Gasteiger partial charge in [0.25, 0.3) is 0 Å². The van der Waals surface area contributed by atoms with E-state index in [1.54, 1.807) is 23.3 Å². The van der Waals surface area contributed by atoms with Crippen LogP contribution in [0.3, 0.4) is 0 Å². The molecule has 3 rings (SSSR count). The third-order valence-corrected chi connectivity index (χ3v) is 3.79. The molecule has 1 aliphatic heterocycles. The Morgan fingerprint density at radius 1 is 1.15 bits per heavy atom. The smallest absolute Gasteiger partial charge is 0.241 e. The lowest BCUT2D eigenvalue weighted by molar-refractivity contribution is 0.521. The summed E-state index contributed by atoms with van der Waals surface area (Å²) in [4.78, 5) is 19.1. The maximum absolute atomic E-state index is 6.03. The topological polar surface area (TPSA) is 59.7 Å². The molecule has 0 bridgehead atoms. The molecule has 2 aromatic heterocycles. The van der Waals surface area contributed by atoms with E-state index in [-0.39, 0.29) is 5.28 Å². The van der Waals surface area contributed by atoms with Crippen LogP contribution in [0.2, 0.25) is 5.28 Å². The molecule has 3 heterocycles. The van der Waals surface area contributed by atoms with E-state index in [1.165, 1.54) is 6.42 Å². The van der Waals surface area contributed by atoms with E-state index in [9.17, 15) is 0 Å². The Bertz CT molecular complexity index is 570. The van der Waals surface area contributed by atoms with Crippen molar-refractivity contribution < 1.29 is 0 Å². The monoisotopic (exact) mass is 292 g/mol. The van der Waals surface area contributed by atoms with Crippen molar-refractivity contribution in [2.45, 2.75) is 26.2 Å². The fourth-order valence-electron chi connectivity index (χ4n) is 2.43. The lowest BCUT2D eigenvalue weighted by Crippen LogP contribution is -2.27. The van der Waals surface area contributed by atoms with Crippen LogP contribution in [0, 0.1) is 5.92 Å². The normalized spacial score (nSPS) is 19.9. The van der Waals surface area contributed by atoms with Crippen molar-refractivity contribution in [3.63, 3.8) is 0 Å². The molecule has 0 radical (unpaired) electrons. The molecule has 2 aromatic rings. The Kier molecular flexibility index (Phi) is 3.82. The average molecular weight is 293 g/mol. The summed E-state index contributed by atoms with van der Waals surface area (Å²) < 4.78 is 1.73. The molecule has 0 saturated carbocycles. The van der Waals surface area contributed by atoms with Gasteiger partial charge in [-0.05, 0) is 36.8 Å². The Hall–Kier alpha value is -1.69. The number of hydrogen-bond donors (Lipinski definition) is 0. The molecule has 1 saturated heterocycles. The summed E-state index contributed by atoms with van der Waals surface area (Å²) in [5, 5.41) is 0.219. The van der Waals surface area contributed by atoms with Gasteiger partial charge in [0, 0.05) is 25.5 Å². The van der Waals surface area contributed by atoms with Gasteiger partial charge in [-0.15, -0.1) is 0 Å². The van der Waals surface area contributed by atoms with E-state index in [4.69, 9.17) is 11.6 Å². The highest BCUT2D eigenvalue weighted by atomic mass is 35.5. The molecule has 1 unspecified atom stereocenters. The number of rotatable bonds is 2. The van der Waals surface area contributed by atoms with Crippen molar-refractivity contribution in [1.82, 2.24) is 24.5 Å². The molecular formula is C13H17ClN6. The Labute approximate surface area is 122 Å². The standard InChI is InChI=1S/C13H17ClN6/c1-10-3-2-6-19(7-4-10)12-16-11(14)17-13(18-12)20-8-5-15-9-20/h5,8-10H,2-4,6-7H2,1H3. The van der Waals surface area contributed by atoms with Gasteiger partial charge >= 0.3 is 0 Å². The summed E-state index contributed by atoms with van der Waals surface area (Å²) in [6.45, 7) is 4.22. The van der Waals surface area contributed by atoms with Gasteiger partial charge in [-0.3, -0.25) is 4.57 Å². The van der Waals surface area contributed by atoms with Crippen LogP contribution < -0.4 is 4.90 Å². The van der Waals surface area contributed by atoms with Crippen molar-refractivity contribution >= 4 is 17.5 Å². The minimum Gasteiger partial charge on any atom is -0.341 e. The first-order chi connectivity index (χ1) is 9.72. The molecule has 1 atom stereocenters. The number of halogens is 1. The van der Waals surface area contributed by atoms with Crippen molar-refractivity contribution in [1.29, 1.82) is 0 Å². The summed E-state index contributed by atoms with van der Waals surface area (Å²) in [5.41, 5.74) is 0. The summed E-state index contributed by atoms with van der Waals surface area (Å²) in [7, 11) is 0. The van der Waals surface area contributed by atoms with E-state index < -0.39 is 0 Å². The third-order valence-electron chi connectivity index (χ3n) is 3.62. The zero-order valence-corrected chi connectivity index (χ0v) is 12.2. The first-order valence-corrected chi connectivity index (χ1v) is 7.25. The molecule has 6 nitrogen and oxygen atoms in total. The zero-order chi connectivity index (χ0) is 13.9. The minimum atomic E-state index is 0.219. The molecule has 0 aromatic carbocycles. The molecule has 0 N–H and O–H groups in total. The van der Waals surface area contributed by atoms with Crippen molar-refractivity contribution in [2.24, 2.45) is 5.92 Å². The Morgan fingerprint density at radius 3 is 2.80 bits per heavy atom. The molecule has 1 fully saturated rings. The van der Waals surface area contributed by atoms with Crippen LogP contribution in [-0.4, -0.2) is 37.6 Å². The Morgan fingerprint density at radius 2 is 2.00 bits per heavy atom. The summed E-state index contributed by atoms with van der Waals surface area (Å²) in [5.74, 6) is 1.92.